The van der Waals surface area contributed by atoms with Gasteiger partial charge in [-0.2, -0.15) is 8.42 Å². The minimum absolute atomic E-state index is 0.0394. The summed E-state index contributed by atoms with van der Waals surface area (Å²) in [5, 5.41) is 3.20. The maximum atomic E-state index is 13.6. The van der Waals surface area contributed by atoms with Gasteiger partial charge in [0.1, 0.15) is 18.1 Å². The van der Waals surface area contributed by atoms with Crippen molar-refractivity contribution in [3.05, 3.63) is 81.9 Å². The van der Waals surface area contributed by atoms with E-state index >= 15 is 0 Å². The number of alkyl halides is 1. The lowest BCUT2D eigenvalue weighted by Gasteiger charge is -2.32. The summed E-state index contributed by atoms with van der Waals surface area (Å²) < 4.78 is 44.7. The number of nitrogens with zero attached hydrogens (tertiary/aromatic N) is 2. The predicted molar refractivity (Wildman–Crippen MR) is 134 cm³/mol. The van der Waals surface area contributed by atoms with E-state index in [1.807, 2.05) is 39.0 Å². The average Bonchev–Trinajstić information content (AvgIpc) is 3.47. The smallest absolute Gasteiger partial charge is 0.439 e. The highest BCUT2D eigenvalue weighted by Gasteiger charge is 2.35. The van der Waals surface area contributed by atoms with Crippen molar-refractivity contribution in [2.24, 2.45) is 11.8 Å². The maximum Gasteiger partial charge on any atom is 0.439 e. The molecule has 9 nitrogen and oxygen atoms in total. The van der Waals surface area contributed by atoms with Crippen LogP contribution in [0.15, 0.2) is 78.8 Å². The number of benzene rings is 1. The summed E-state index contributed by atoms with van der Waals surface area (Å²) in [6.07, 6.45) is 3.57. The zero-order chi connectivity index (χ0) is 26.0. The van der Waals surface area contributed by atoms with Gasteiger partial charge in [0.2, 0.25) is 5.09 Å². The molecule has 2 aromatic heterocycles. The Kier molecular flexibility index (Phi) is 7.46. The van der Waals surface area contributed by atoms with Crippen molar-refractivity contribution in [2.75, 3.05) is 6.54 Å². The van der Waals surface area contributed by atoms with Crippen molar-refractivity contribution in [2.45, 2.75) is 44.8 Å². The van der Waals surface area contributed by atoms with Crippen LogP contribution in [0.1, 0.15) is 32.1 Å². The highest BCUT2D eigenvalue weighted by Crippen LogP contribution is 2.34. The number of H-pyrrole nitrogens is 1. The number of aromatic amines is 1. The number of halogens is 1. The third kappa shape index (κ3) is 5.60. The molecule has 36 heavy (non-hydrogen) atoms. The number of hydrogen-bond acceptors (Lipinski definition) is 7. The van der Waals surface area contributed by atoms with E-state index in [9.17, 15) is 13.2 Å². The van der Waals surface area contributed by atoms with Crippen LogP contribution in [-0.2, 0) is 21.4 Å². The van der Waals surface area contributed by atoms with Crippen LogP contribution in [0, 0.1) is 18.8 Å². The van der Waals surface area contributed by atoms with E-state index in [0.29, 0.717) is 28.6 Å². The van der Waals surface area contributed by atoms with Gasteiger partial charge in [-0.25, -0.2) is 4.79 Å². The lowest BCUT2D eigenvalue weighted by Crippen LogP contribution is -2.36. The van der Waals surface area contributed by atoms with E-state index in [1.165, 1.54) is 10.4 Å². The standard InChI is InChI=1S/C25H28ClN3O6S/c1-15(2)13-29(36(31,32)23-10-5-17(4)34-23)21-11-16(3)20(26)12-22(21)33-14-18-6-8-19(9-7-18)24-27-25(30)35-28-24/h5-12,15-16,20H,13-14H2,1-4H3,(H,27,28,30). The molecule has 1 N–H and O–H groups in total. The van der Waals surface area contributed by atoms with Crippen LogP contribution >= 0.6 is 11.6 Å². The Hall–Kier alpha value is -3.24. The van der Waals surface area contributed by atoms with Gasteiger partial charge in [-0.1, -0.05) is 56.3 Å². The molecule has 2 unspecified atom stereocenters. The Balaban J connectivity index is 1.60. The van der Waals surface area contributed by atoms with Gasteiger partial charge in [-0.3, -0.25) is 13.8 Å². The van der Waals surface area contributed by atoms with E-state index < -0.39 is 15.8 Å². The van der Waals surface area contributed by atoms with Crippen LogP contribution in [0.5, 0.6) is 0 Å². The van der Waals surface area contributed by atoms with E-state index in [4.69, 9.17) is 20.8 Å². The van der Waals surface area contributed by atoms with Crippen molar-refractivity contribution in [1.29, 1.82) is 0 Å². The Morgan fingerprint density at radius 3 is 2.47 bits per heavy atom. The van der Waals surface area contributed by atoms with E-state index in [2.05, 4.69) is 14.7 Å². The van der Waals surface area contributed by atoms with Crippen LogP contribution in [-0.4, -0.2) is 34.8 Å². The maximum absolute atomic E-state index is 13.6. The molecule has 4 rings (SSSR count). The Morgan fingerprint density at radius 2 is 1.89 bits per heavy atom. The lowest BCUT2D eigenvalue weighted by atomic mass is 9.99. The van der Waals surface area contributed by atoms with Gasteiger partial charge in [-0.15, -0.1) is 11.6 Å². The van der Waals surface area contributed by atoms with Crippen LogP contribution < -0.4 is 5.76 Å². The molecular weight excluding hydrogens is 506 g/mol. The molecule has 0 bridgehead atoms. The molecule has 3 aromatic rings. The van der Waals surface area contributed by atoms with Gasteiger partial charge in [0.05, 0.1) is 11.1 Å². The number of rotatable bonds is 9. The van der Waals surface area contributed by atoms with E-state index in [1.54, 1.807) is 31.2 Å². The molecule has 0 aliphatic heterocycles. The first-order chi connectivity index (χ1) is 17.0. The largest absolute Gasteiger partial charge is 0.487 e. The minimum atomic E-state index is -3.98. The summed E-state index contributed by atoms with van der Waals surface area (Å²) in [7, 11) is -3.98. The molecule has 11 heteroatoms. The highest BCUT2D eigenvalue weighted by molar-refractivity contribution is 7.89. The second-order valence-electron chi connectivity index (χ2n) is 9.11. The summed E-state index contributed by atoms with van der Waals surface area (Å²) in [6, 6.07) is 10.3. The number of sulfonamides is 1. The lowest BCUT2D eigenvalue weighted by molar-refractivity contribution is 0.191. The fourth-order valence-electron chi connectivity index (χ4n) is 3.72. The van der Waals surface area contributed by atoms with Gasteiger partial charge in [0.25, 0.3) is 10.0 Å². The fraction of sp³-hybridized carbons (Fsp3) is 0.360. The van der Waals surface area contributed by atoms with Crippen molar-refractivity contribution < 1.29 is 22.1 Å². The first-order valence-corrected chi connectivity index (χ1v) is 13.4. The molecule has 0 saturated carbocycles. The molecule has 2 heterocycles. The van der Waals surface area contributed by atoms with Crippen molar-refractivity contribution in [1.82, 2.24) is 14.4 Å². The normalized spacial score (nSPS) is 18.2. The number of ether oxygens (including phenoxy) is 1. The van der Waals surface area contributed by atoms with Gasteiger partial charge in [0, 0.05) is 12.1 Å². The number of hydrogen-bond donors (Lipinski definition) is 1. The zero-order valence-electron chi connectivity index (χ0n) is 20.4. The Labute approximate surface area is 214 Å². The second kappa shape index (κ2) is 10.4. The van der Waals surface area contributed by atoms with E-state index in [-0.39, 0.29) is 35.5 Å². The topological polar surface area (TPSA) is 119 Å². The summed E-state index contributed by atoms with van der Waals surface area (Å²) in [5.41, 5.74) is 1.94. The minimum Gasteiger partial charge on any atom is -0.487 e. The number of furan rings is 1. The molecule has 0 amide bonds. The third-order valence-corrected chi connectivity index (χ3v) is 7.79. The van der Waals surface area contributed by atoms with Crippen LogP contribution in [0.2, 0.25) is 0 Å². The molecular formula is C25H28ClN3O6S. The van der Waals surface area contributed by atoms with Crippen molar-refractivity contribution in [3.63, 3.8) is 0 Å². The number of aryl methyl sites for hydroxylation is 1. The monoisotopic (exact) mass is 533 g/mol. The highest BCUT2D eigenvalue weighted by atomic mass is 35.5. The Morgan fingerprint density at radius 1 is 1.17 bits per heavy atom. The van der Waals surface area contributed by atoms with Crippen LogP contribution in [0.25, 0.3) is 11.4 Å². The summed E-state index contributed by atoms with van der Waals surface area (Å²) in [5.74, 6) is 0.518. The first kappa shape index (κ1) is 25.8. The van der Waals surface area contributed by atoms with Crippen LogP contribution in [0.3, 0.4) is 0 Å². The van der Waals surface area contributed by atoms with Crippen LogP contribution in [0.4, 0.5) is 0 Å². The Bertz CT molecular complexity index is 1430. The summed E-state index contributed by atoms with van der Waals surface area (Å²) in [6.45, 7) is 7.92. The van der Waals surface area contributed by atoms with Gasteiger partial charge in [-0.05, 0) is 42.5 Å². The first-order valence-electron chi connectivity index (χ1n) is 11.5. The zero-order valence-corrected chi connectivity index (χ0v) is 22.0. The summed E-state index contributed by atoms with van der Waals surface area (Å²) >= 11 is 6.51. The predicted octanol–water partition coefficient (Wildman–Crippen LogP) is 4.82. The van der Waals surface area contributed by atoms with Gasteiger partial charge < -0.3 is 9.15 Å². The molecule has 1 aliphatic rings. The number of nitrogens with one attached hydrogen (secondary N) is 1. The summed E-state index contributed by atoms with van der Waals surface area (Å²) in [4.78, 5) is 13.7. The second-order valence-corrected chi connectivity index (χ2v) is 11.4. The molecule has 2 atom stereocenters. The van der Waals surface area contributed by atoms with Crippen molar-refractivity contribution in [3.8, 4) is 11.4 Å². The average molecular weight is 534 g/mol. The molecule has 0 fully saturated rings. The SMILES string of the molecule is Cc1ccc(S(=O)(=O)N(CC(C)C)C2=CC(C)C(Cl)C=C2OCc2ccc(-c3noc(=O)[nH]3)cc2)o1. The van der Waals surface area contributed by atoms with Gasteiger partial charge in [0.15, 0.2) is 5.82 Å². The number of allylic oxidation sites excluding steroid dienone is 2. The fourth-order valence-corrected chi connectivity index (χ4v) is 5.51. The van der Waals surface area contributed by atoms with Gasteiger partial charge >= 0.3 is 5.76 Å². The number of aromatic nitrogens is 2. The molecule has 0 radical (unpaired) electrons. The van der Waals surface area contributed by atoms with Crippen molar-refractivity contribution >= 4 is 21.6 Å². The van der Waals surface area contributed by atoms with E-state index in [0.717, 1.165) is 5.56 Å². The molecule has 0 saturated heterocycles. The molecule has 192 valence electrons. The molecule has 1 aromatic carbocycles. The quantitative estimate of drug-likeness (QED) is 0.392. The molecule has 1 aliphatic carbocycles. The third-order valence-electron chi connectivity index (χ3n) is 5.61. The molecule has 0 spiro atoms.